The summed E-state index contributed by atoms with van der Waals surface area (Å²) in [6.07, 6.45) is 10.3. The quantitative estimate of drug-likeness (QED) is 0.520. The summed E-state index contributed by atoms with van der Waals surface area (Å²) < 4.78 is 13.1. The third-order valence-electron chi connectivity index (χ3n) is 6.10. The summed E-state index contributed by atoms with van der Waals surface area (Å²) in [5, 5.41) is 0. The number of aromatic nitrogens is 3. The second-order valence-corrected chi connectivity index (χ2v) is 8.68. The van der Waals surface area contributed by atoms with Crippen LogP contribution in [0.3, 0.4) is 0 Å². The van der Waals surface area contributed by atoms with Crippen molar-refractivity contribution in [3.63, 3.8) is 0 Å². The van der Waals surface area contributed by atoms with Gasteiger partial charge in [0, 0.05) is 51.2 Å². The van der Waals surface area contributed by atoms with E-state index < -0.39 is 0 Å². The molecule has 1 aliphatic heterocycles. The predicted molar refractivity (Wildman–Crippen MR) is 127 cm³/mol. The van der Waals surface area contributed by atoms with E-state index in [0.29, 0.717) is 12.4 Å². The molecule has 1 amide bonds. The summed E-state index contributed by atoms with van der Waals surface area (Å²) in [5.74, 6) is 0.544. The van der Waals surface area contributed by atoms with E-state index in [2.05, 4.69) is 9.97 Å². The van der Waals surface area contributed by atoms with Gasteiger partial charge in [-0.15, -0.1) is 0 Å². The van der Waals surface area contributed by atoms with Crippen molar-refractivity contribution in [3.8, 4) is 11.1 Å². The third kappa shape index (κ3) is 5.53. The van der Waals surface area contributed by atoms with Gasteiger partial charge in [0.25, 0.3) is 0 Å². The average molecular weight is 448 g/mol. The molecular formula is C26H30FN5O. The van der Waals surface area contributed by atoms with Crippen molar-refractivity contribution in [2.24, 2.45) is 0 Å². The van der Waals surface area contributed by atoms with Gasteiger partial charge in [-0.25, -0.2) is 14.4 Å². The molecule has 33 heavy (non-hydrogen) atoms. The number of rotatable bonds is 7. The molecular weight excluding hydrogens is 417 g/mol. The second kappa shape index (κ2) is 10.5. The van der Waals surface area contributed by atoms with E-state index in [0.717, 1.165) is 61.0 Å². The van der Waals surface area contributed by atoms with E-state index in [4.69, 9.17) is 4.98 Å². The van der Waals surface area contributed by atoms with E-state index in [1.807, 2.05) is 42.2 Å². The lowest BCUT2D eigenvalue weighted by atomic mass is 9.93. The zero-order valence-electron chi connectivity index (χ0n) is 19.2. The lowest BCUT2D eigenvalue weighted by Crippen LogP contribution is -2.39. The number of nitrogens with zero attached hydrogens (tertiary/aromatic N) is 5. The molecule has 4 rings (SSSR count). The number of amides is 1. The van der Waals surface area contributed by atoms with Crippen LogP contribution in [0.4, 0.5) is 10.3 Å². The summed E-state index contributed by atoms with van der Waals surface area (Å²) >= 11 is 0. The predicted octanol–water partition coefficient (Wildman–Crippen LogP) is 4.82. The molecule has 1 saturated heterocycles. The first kappa shape index (κ1) is 22.8. The molecule has 6 nitrogen and oxygen atoms in total. The van der Waals surface area contributed by atoms with Crippen molar-refractivity contribution in [1.82, 2.24) is 19.9 Å². The van der Waals surface area contributed by atoms with Gasteiger partial charge in [-0.3, -0.25) is 9.78 Å². The SMILES string of the molecule is CN(C)c1ncc(-c2ccncc2)c(C2CCCCN2C(=O)CCCc2ccc(F)cc2)n1. The number of piperidine rings is 1. The van der Waals surface area contributed by atoms with Gasteiger partial charge in [-0.05, 0) is 67.5 Å². The number of hydrogen-bond donors (Lipinski definition) is 0. The summed E-state index contributed by atoms with van der Waals surface area (Å²) in [6, 6.07) is 10.3. The fraction of sp³-hybridized carbons (Fsp3) is 0.385. The monoisotopic (exact) mass is 447 g/mol. The molecule has 0 aliphatic carbocycles. The van der Waals surface area contributed by atoms with Crippen LogP contribution < -0.4 is 4.90 Å². The van der Waals surface area contributed by atoms with Crippen molar-refractivity contribution < 1.29 is 9.18 Å². The Balaban J connectivity index is 1.56. The number of anilines is 1. The lowest BCUT2D eigenvalue weighted by Gasteiger charge is -2.36. The van der Waals surface area contributed by atoms with Crippen molar-refractivity contribution >= 4 is 11.9 Å². The number of likely N-dealkylation sites (tertiary alicyclic amines) is 1. The van der Waals surface area contributed by atoms with Crippen LogP contribution in [0.2, 0.25) is 0 Å². The van der Waals surface area contributed by atoms with Crippen LogP contribution in [0.5, 0.6) is 0 Å². The van der Waals surface area contributed by atoms with Gasteiger partial charge in [-0.2, -0.15) is 0 Å². The standard InChI is InChI=1S/C26H30FN5O/c1-31(2)26-29-18-22(20-13-15-28-16-14-20)25(30-26)23-7-3-4-17-32(23)24(33)8-5-6-19-9-11-21(27)12-10-19/h9-16,18,23H,3-8,17H2,1-2H3. The molecule has 0 saturated carbocycles. The first-order valence-corrected chi connectivity index (χ1v) is 11.5. The van der Waals surface area contributed by atoms with Crippen LogP contribution in [0.1, 0.15) is 49.4 Å². The highest BCUT2D eigenvalue weighted by Crippen LogP contribution is 2.36. The Morgan fingerprint density at radius 1 is 1.12 bits per heavy atom. The van der Waals surface area contributed by atoms with Gasteiger partial charge in [0.05, 0.1) is 11.7 Å². The van der Waals surface area contributed by atoms with Crippen LogP contribution >= 0.6 is 0 Å². The molecule has 3 heterocycles. The summed E-state index contributed by atoms with van der Waals surface area (Å²) in [6.45, 7) is 0.733. The van der Waals surface area contributed by atoms with Crippen LogP contribution in [0, 0.1) is 5.82 Å². The number of pyridine rings is 1. The zero-order valence-corrected chi connectivity index (χ0v) is 19.2. The normalized spacial score (nSPS) is 16.0. The Morgan fingerprint density at radius 2 is 1.88 bits per heavy atom. The van der Waals surface area contributed by atoms with Crippen LogP contribution in [0.15, 0.2) is 55.0 Å². The molecule has 1 fully saturated rings. The van der Waals surface area contributed by atoms with Crippen LogP contribution in [-0.4, -0.2) is 46.4 Å². The topological polar surface area (TPSA) is 62.2 Å². The van der Waals surface area contributed by atoms with Crippen molar-refractivity contribution in [1.29, 1.82) is 0 Å². The molecule has 172 valence electrons. The fourth-order valence-electron chi connectivity index (χ4n) is 4.36. The minimum absolute atomic E-state index is 0.0815. The maximum absolute atomic E-state index is 13.3. The van der Waals surface area contributed by atoms with Gasteiger partial charge >= 0.3 is 0 Å². The van der Waals surface area contributed by atoms with E-state index in [1.54, 1.807) is 24.5 Å². The highest BCUT2D eigenvalue weighted by atomic mass is 19.1. The fourth-order valence-corrected chi connectivity index (χ4v) is 4.36. The number of carbonyl (C=O) groups excluding carboxylic acids is 1. The minimum Gasteiger partial charge on any atom is -0.347 e. The third-order valence-corrected chi connectivity index (χ3v) is 6.10. The van der Waals surface area contributed by atoms with E-state index >= 15 is 0 Å². The second-order valence-electron chi connectivity index (χ2n) is 8.68. The molecule has 0 spiro atoms. The molecule has 1 unspecified atom stereocenters. The molecule has 1 atom stereocenters. The Bertz CT molecular complexity index is 1070. The molecule has 0 radical (unpaired) electrons. The average Bonchev–Trinajstić information content (AvgIpc) is 2.85. The number of aryl methyl sites for hydroxylation is 1. The van der Waals surface area contributed by atoms with Gasteiger partial charge in [0.1, 0.15) is 5.82 Å². The molecule has 1 aromatic carbocycles. The Hall–Kier alpha value is -3.35. The smallest absolute Gasteiger partial charge is 0.225 e. The van der Waals surface area contributed by atoms with Gasteiger partial charge in [0.15, 0.2) is 0 Å². The summed E-state index contributed by atoms with van der Waals surface area (Å²) in [4.78, 5) is 30.8. The van der Waals surface area contributed by atoms with E-state index in [1.165, 1.54) is 12.1 Å². The molecule has 1 aliphatic rings. The van der Waals surface area contributed by atoms with Gasteiger partial charge in [-0.1, -0.05) is 12.1 Å². The van der Waals surface area contributed by atoms with E-state index in [9.17, 15) is 9.18 Å². The van der Waals surface area contributed by atoms with Crippen molar-refractivity contribution in [2.45, 2.75) is 44.6 Å². The van der Waals surface area contributed by atoms with Crippen LogP contribution in [0.25, 0.3) is 11.1 Å². The summed E-state index contributed by atoms with van der Waals surface area (Å²) in [5.41, 5.74) is 3.89. The first-order valence-electron chi connectivity index (χ1n) is 11.5. The Labute approximate surface area is 194 Å². The number of hydrogen-bond acceptors (Lipinski definition) is 5. The van der Waals surface area contributed by atoms with Crippen LogP contribution in [-0.2, 0) is 11.2 Å². The Kier molecular flexibility index (Phi) is 7.27. The van der Waals surface area contributed by atoms with Crippen molar-refractivity contribution in [3.05, 3.63) is 72.1 Å². The molecule has 0 N–H and O–H groups in total. The number of halogens is 1. The first-order chi connectivity index (χ1) is 16.0. The highest BCUT2D eigenvalue weighted by Gasteiger charge is 2.31. The number of benzene rings is 1. The van der Waals surface area contributed by atoms with E-state index in [-0.39, 0.29) is 17.8 Å². The Morgan fingerprint density at radius 3 is 2.61 bits per heavy atom. The minimum atomic E-state index is -0.238. The molecule has 3 aromatic rings. The van der Waals surface area contributed by atoms with Gasteiger partial charge < -0.3 is 9.80 Å². The maximum atomic E-state index is 13.3. The number of carbonyl (C=O) groups is 1. The largest absolute Gasteiger partial charge is 0.347 e. The molecule has 2 aromatic heterocycles. The maximum Gasteiger partial charge on any atom is 0.225 e. The van der Waals surface area contributed by atoms with Gasteiger partial charge in [0.2, 0.25) is 11.9 Å². The van der Waals surface area contributed by atoms with Crippen molar-refractivity contribution in [2.75, 3.05) is 25.5 Å². The zero-order chi connectivity index (χ0) is 23.2. The molecule has 7 heteroatoms. The highest BCUT2D eigenvalue weighted by molar-refractivity contribution is 5.77. The lowest BCUT2D eigenvalue weighted by molar-refractivity contribution is -0.135. The molecule has 0 bridgehead atoms. The summed E-state index contributed by atoms with van der Waals surface area (Å²) in [7, 11) is 3.84.